The second kappa shape index (κ2) is 4.80. The fourth-order valence-corrected chi connectivity index (χ4v) is 2.80. The van der Waals surface area contributed by atoms with E-state index >= 15 is 0 Å². The van der Waals surface area contributed by atoms with Gasteiger partial charge in [0.15, 0.2) is 0 Å². The number of carboxylic acid groups (broad SMARTS) is 1. The molecule has 4 nitrogen and oxygen atoms in total. The van der Waals surface area contributed by atoms with Crippen LogP contribution in [0.15, 0.2) is 42.5 Å². The summed E-state index contributed by atoms with van der Waals surface area (Å²) in [5.74, 6) is -0.149. The quantitative estimate of drug-likeness (QED) is 0.899. The lowest BCUT2D eigenvalue weighted by Crippen LogP contribution is -2.46. The van der Waals surface area contributed by atoms with Crippen LogP contribution in [0.5, 0.6) is 5.75 Å². The Morgan fingerprint density at radius 2 is 2.00 bits per heavy atom. The second-order valence-corrected chi connectivity index (χ2v) is 5.42. The summed E-state index contributed by atoms with van der Waals surface area (Å²) in [5, 5.41) is 11.3. The van der Waals surface area contributed by atoms with Gasteiger partial charge in [0, 0.05) is 11.8 Å². The van der Waals surface area contributed by atoms with Crippen LogP contribution in [0, 0.1) is 0 Å². The SMILES string of the molecule is NC1(C(=O)O)CCC(Oc2cccc3ccccc23)C1. The first-order valence-electron chi connectivity index (χ1n) is 6.75. The highest BCUT2D eigenvalue weighted by Crippen LogP contribution is 2.33. The number of ether oxygens (including phenoxy) is 1. The third-order valence-electron chi connectivity index (χ3n) is 3.97. The normalized spacial score (nSPS) is 25.8. The van der Waals surface area contributed by atoms with E-state index in [9.17, 15) is 4.79 Å². The lowest BCUT2D eigenvalue weighted by molar-refractivity contribution is -0.143. The van der Waals surface area contributed by atoms with Gasteiger partial charge in [0.1, 0.15) is 17.4 Å². The lowest BCUT2D eigenvalue weighted by atomic mass is 10.00. The topological polar surface area (TPSA) is 72.6 Å². The van der Waals surface area contributed by atoms with Gasteiger partial charge in [-0.3, -0.25) is 4.79 Å². The third-order valence-corrected chi connectivity index (χ3v) is 3.97. The minimum atomic E-state index is -1.14. The van der Waals surface area contributed by atoms with Crippen molar-refractivity contribution in [3.8, 4) is 5.75 Å². The van der Waals surface area contributed by atoms with Gasteiger partial charge in [0.2, 0.25) is 0 Å². The molecule has 0 heterocycles. The summed E-state index contributed by atoms with van der Waals surface area (Å²) >= 11 is 0. The van der Waals surface area contributed by atoms with Crippen molar-refractivity contribution in [2.75, 3.05) is 0 Å². The summed E-state index contributed by atoms with van der Waals surface area (Å²) in [6, 6.07) is 13.9. The molecule has 0 bridgehead atoms. The van der Waals surface area contributed by atoms with Gasteiger partial charge in [-0.25, -0.2) is 0 Å². The average molecular weight is 271 g/mol. The number of hydrogen-bond donors (Lipinski definition) is 2. The smallest absolute Gasteiger partial charge is 0.323 e. The molecule has 0 aliphatic heterocycles. The second-order valence-electron chi connectivity index (χ2n) is 5.42. The summed E-state index contributed by atoms with van der Waals surface area (Å²) in [7, 11) is 0. The zero-order valence-electron chi connectivity index (χ0n) is 11.1. The maximum atomic E-state index is 11.2. The van der Waals surface area contributed by atoms with Gasteiger partial charge >= 0.3 is 5.97 Å². The number of rotatable bonds is 3. The Labute approximate surface area is 117 Å². The van der Waals surface area contributed by atoms with E-state index in [2.05, 4.69) is 0 Å². The van der Waals surface area contributed by atoms with Crippen LogP contribution in [0.4, 0.5) is 0 Å². The van der Waals surface area contributed by atoms with Crippen molar-refractivity contribution in [1.29, 1.82) is 0 Å². The van der Waals surface area contributed by atoms with Crippen molar-refractivity contribution >= 4 is 16.7 Å². The molecule has 0 aromatic heterocycles. The molecule has 0 saturated heterocycles. The van der Waals surface area contributed by atoms with Gasteiger partial charge in [0.05, 0.1) is 0 Å². The van der Waals surface area contributed by atoms with Gasteiger partial charge in [-0.2, -0.15) is 0 Å². The molecular formula is C16H17NO3. The number of aliphatic carboxylic acids is 1. The van der Waals surface area contributed by atoms with Crippen LogP contribution >= 0.6 is 0 Å². The molecule has 4 heteroatoms. The minimum absolute atomic E-state index is 0.137. The van der Waals surface area contributed by atoms with Crippen LogP contribution < -0.4 is 10.5 Å². The first-order valence-corrected chi connectivity index (χ1v) is 6.75. The standard InChI is InChI=1S/C16H17NO3/c17-16(15(18)19)9-8-12(10-16)20-14-7-3-5-11-4-1-2-6-13(11)14/h1-7,12H,8-10,17H2,(H,18,19). The van der Waals surface area contributed by atoms with Gasteiger partial charge in [-0.05, 0) is 24.3 Å². The van der Waals surface area contributed by atoms with Crippen LogP contribution in [0.2, 0.25) is 0 Å². The Morgan fingerprint density at radius 3 is 2.75 bits per heavy atom. The average Bonchev–Trinajstić information content (AvgIpc) is 2.82. The third kappa shape index (κ3) is 2.23. The molecule has 2 unspecified atom stereocenters. The molecule has 0 amide bonds. The van der Waals surface area contributed by atoms with Crippen LogP contribution in [0.25, 0.3) is 10.8 Å². The zero-order valence-corrected chi connectivity index (χ0v) is 11.1. The predicted octanol–water partition coefficient (Wildman–Crippen LogP) is 2.55. The van der Waals surface area contributed by atoms with E-state index in [4.69, 9.17) is 15.6 Å². The zero-order chi connectivity index (χ0) is 14.2. The highest BCUT2D eigenvalue weighted by Gasteiger charge is 2.43. The van der Waals surface area contributed by atoms with Gasteiger partial charge in [-0.1, -0.05) is 36.4 Å². The van der Waals surface area contributed by atoms with Gasteiger partial charge < -0.3 is 15.6 Å². The molecule has 1 aliphatic carbocycles. The maximum absolute atomic E-state index is 11.2. The number of nitrogens with two attached hydrogens (primary N) is 1. The van der Waals surface area contributed by atoms with E-state index in [0.717, 1.165) is 16.5 Å². The van der Waals surface area contributed by atoms with Crippen molar-refractivity contribution < 1.29 is 14.6 Å². The Balaban J connectivity index is 1.83. The Hall–Kier alpha value is -2.07. The van der Waals surface area contributed by atoms with Crippen LogP contribution in [0.1, 0.15) is 19.3 Å². The van der Waals surface area contributed by atoms with E-state index < -0.39 is 11.5 Å². The maximum Gasteiger partial charge on any atom is 0.323 e. The molecule has 2 atom stereocenters. The molecule has 2 aromatic carbocycles. The molecule has 2 aromatic rings. The van der Waals surface area contributed by atoms with E-state index in [-0.39, 0.29) is 6.10 Å². The van der Waals surface area contributed by atoms with Crippen LogP contribution in [0.3, 0.4) is 0 Å². The van der Waals surface area contributed by atoms with E-state index in [1.165, 1.54) is 0 Å². The summed E-state index contributed by atoms with van der Waals surface area (Å²) in [5.41, 5.74) is 4.74. The number of carboxylic acids is 1. The minimum Gasteiger partial charge on any atom is -0.490 e. The van der Waals surface area contributed by atoms with Crippen LogP contribution in [-0.4, -0.2) is 22.7 Å². The Kier molecular flexibility index (Phi) is 3.10. The van der Waals surface area contributed by atoms with E-state index in [0.29, 0.717) is 19.3 Å². The molecule has 104 valence electrons. The molecule has 1 saturated carbocycles. The largest absolute Gasteiger partial charge is 0.490 e. The molecule has 1 fully saturated rings. The number of benzene rings is 2. The van der Waals surface area contributed by atoms with Crippen molar-refractivity contribution in [2.24, 2.45) is 5.73 Å². The Bertz CT molecular complexity index is 650. The molecule has 3 N–H and O–H groups in total. The molecule has 1 aliphatic rings. The molecule has 20 heavy (non-hydrogen) atoms. The fourth-order valence-electron chi connectivity index (χ4n) is 2.80. The fraction of sp³-hybridized carbons (Fsp3) is 0.312. The van der Waals surface area contributed by atoms with E-state index in [1.807, 2.05) is 42.5 Å². The van der Waals surface area contributed by atoms with Crippen molar-refractivity contribution in [1.82, 2.24) is 0 Å². The number of fused-ring (bicyclic) bond motifs is 1. The number of hydrogen-bond acceptors (Lipinski definition) is 3. The highest BCUT2D eigenvalue weighted by molar-refractivity contribution is 5.88. The van der Waals surface area contributed by atoms with Crippen LogP contribution in [-0.2, 0) is 4.79 Å². The molecular weight excluding hydrogens is 254 g/mol. The summed E-state index contributed by atoms with van der Waals surface area (Å²) in [4.78, 5) is 11.2. The Morgan fingerprint density at radius 1 is 1.25 bits per heavy atom. The molecule has 3 rings (SSSR count). The lowest BCUT2D eigenvalue weighted by Gasteiger charge is -2.19. The number of carbonyl (C=O) groups is 1. The monoisotopic (exact) mass is 271 g/mol. The van der Waals surface area contributed by atoms with Gasteiger partial charge in [-0.15, -0.1) is 0 Å². The van der Waals surface area contributed by atoms with Crippen molar-refractivity contribution in [3.05, 3.63) is 42.5 Å². The van der Waals surface area contributed by atoms with E-state index in [1.54, 1.807) is 0 Å². The van der Waals surface area contributed by atoms with Crippen molar-refractivity contribution in [2.45, 2.75) is 30.9 Å². The highest BCUT2D eigenvalue weighted by atomic mass is 16.5. The summed E-state index contributed by atoms with van der Waals surface area (Å²) < 4.78 is 5.99. The summed E-state index contributed by atoms with van der Waals surface area (Å²) in [6.45, 7) is 0. The summed E-state index contributed by atoms with van der Waals surface area (Å²) in [6.07, 6.45) is 1.34. The first kappa shape index (κ1) is 12.9. The predicted molar refractivity (Wildman–Crippen MR) is 76.8 cm³/mol. The molecule has 0 spiro atoms. The van der Waals surface area contributed by atoms with Crippen molar-refractivity contribution in [3.63, 3.8) is 0 Å². The molecule has 0 radical (unpaired) electrons. The van der Waals surface area contributed by atoms with Gasteiger partial charge in [0.25, 0.3) is 0 Å². The first-order chi connectivity index (χ1) is 9.58.